The number of hydrogen-bond donors (Lipinski definition) is 1. The summed E-state index contributed by atoms with van der Waals surface area (Å²) < 4.78 is 0. The minimum absolute atomic E-state index is 0. The van der Waals surface area contributed by atoms with Gasteiger partial charge in [-0.1, -0.05) is 36.6 Å². The molecule has 0 aliphatic heterocycles. The Hall–Kier alpha value is -0.216. The molecule has 1 N–H and O–H groups in total. The number of carbonyl (C=O) groups is 1. The fourth-order valence-electron chi connectivity index (χ4n) is 2.32. The molecule has 5 heteroatoms. The first kappa shape index (κ1) is 17.8. The predicted octanol–water partition coefficient (Wildman–Crippen LogP) is 3.95. The van der Waals surface area contributed by atoms with E-state index in [1.807, 2.05) is 12.1 Å². The second kappa shape index (κ2) is 7.17. The number of allylic oxidation sites excluding steroid dienone is 1. The zero-order valence-corrected chi connectivity index (χ0v) is 14.7. The van der Waals surface area contributed by atoms with Crippen LogP contribution < -0.4 is 0 Å². The van der Waals surface area contributed by atoms with E-state index in [-0.39, 0.29) is 38.1 Å². The largest absolute Gasteiger partial charge is 0.369 e. The summed E-state index contributed by atoms with van der Waals surface area (Å²) >= 11 is 5.86. The first-order valence-corrected chi connectivity index (χ1v) is 6.35. The van der Waals surface area contributed by atoms with E-state index in [4.69, 9.17) is 16.9 Å². The molecule has 1 radical (unpaired) electrons. The van der Waals surface area contributed by atoms with Crippen LogP contribution >= 0.6 is 11.6 Å². The standard InChI is InChI=1S/C15H15ClO3.Y/c1-15(2)8-7-12(14(17)19-18)13(9-15)10-3-5-11(16)6-4-10;/h3-6,18H,1-2,7-9H2;/q-2;. The van der Waals surface area contributed by atoms with Gasteiger partial charge in [0.1, 0.15) is 0 Å². The Morgan fingerprint density at radius 3 is 2.45 bits per heavy atom. The number of hydrogen-bond acceptors (Lipinski definition) is 3. The summed E-state index contributed by atoms with van der Waals surface area (Å²) in [5, 5.41) is 9.22. The number of benzene rings is 1. The molecule has 2 rings (SSSR count). The molecule has 0 unspecified atom stereocenters. The molecule has 20 heavy (non-hydrogen) atoms. The average molecular weight is 368 g/mol. The first-order chi connectivity index (χ1) is 8.93. The van der Waals surface area contributed by atoms with Crippen molar-refractivity contribution in [2.45, 2.75) is 19.3 Å². The smallest absolute Gasteiger partial charge is 0.366 e. The van der Waals surface area contributed by atoms with Gasteiger partial charge in [-0.2, -0.15) is 5.26 Å². The van der Waals surface area contributed by atoms with Crippen molar-refractivity contribution >= 4 is 23.1 Å². The summed E-state index contributed by atoms with van der Waals surface area (Å²) in [5.41, 5.74) is 1.80. The van der Waals surface area contributed by atoms with Gasteiger partial charge in [0.05, 0.1) is 0 Å². The second-order valence-electron chi connectivity index (χ2n) is 5.02. The maximum Gasteiger partial charge on any atom is 0.369 e. The van der Waals surface area contributed by atoms with Crippen LogP contribution in [0.3, 0.4) is 0 Å². The quantitative estimate of drug-likeness (QED) is 0.489. The van der Waals surface area contributed by atoms with Crippen molar-refractivity contribution in [2.75, 3.05) is 0 Å². The number of halogens is 1. The van der Waals surface area contributed by atoms with Crippen molar-refractivity contribution in [1.82, 2.24) is 0 Å². The maximum atomic E-state index is 11.6. The summed E-state index contributed by atoms with van der Waals surface area (Å²) in [5.74, 6) is -0.708. The molecule has 0 heterocycles. The Kier molecular flexibility index (Phi) is 6.39. The van der Waals surface area contributed by atoms with Crippen LogP contribution in [0.1, 0.15) is 24.8 Å². The van der Waals surface area contributed by atoms with E-state index in [9.17, 15) is 4.79 Å². The second-order valence-corrected chi connectivity index (χ2v) is 5.46. The fourth-order valence-corrected chi connectivity index (χ4v) is 2.44. The molecule has 0 amide bonds. The summed E-state index contributed by atoms with van der Waals surface area (Å²) in [4.78, 5) is 15.5. The number of carbonyl (C=O) groups excluding carboxylic acids is 1. The SMILES string of the molecule is [CH2-]C1([CH2-])CCC(C(=O)OO)=C(c2ccc(Cl)cc2)C1.[Y]. The van der Waals surface area contributed by atoms with Crippen LogP contribution in [-0.4, -0.2) is 11.2 Å². The third kappa shape index (κ3) is 4.14. The minimum atomic E-state index is -0.708. The molecule has 0 spiro atoms. The Morgan fingerprint density at radius 1 is 1.30 bits per heavy atom. The molecule has 105 valence electrons. The van der Waals surface area contributed by atoms with Crippen LogP contribution in [-0.2, 0) is 42.4 Å². The van der Waals surface area contributed by atoms with Crippen LogP contribution in [0.15, 0.2) is 29.8 Å². The molecular weight excluding hydrogens is 353 g/mol. The first-order valence-electron chi connectivity index (χ1n) is 5.97. The van der Waals surface area contributed by atoms with E-state index in [1.54, 1.807) is 12.1 Å². The molecule has 1 aromatic rings. The molecule has 1 aliphatic rings. The van der Waals surface area contributed by atoms with E-state index in [1.165, 1.54) is 0 Å². The van der Waals surface area contributed by atoms with Crippen molar-refractivity contribution in [3.8, 4) is 0 Å². The zero-order chi connectivity index (χ0) is 14.0. The van der Waals surface area contributed by atoms with E-state index < -0.39 is 5.97 Å². The Labute approximate surface area is 149 Å². The fraction of sp³-hybridized carbons (Fsp3) is 0.267. The van der Waals surface area contributed by atoms with Gasteiger partial charge in [-0.3, -0.25) is 10.3 Å². The summed E-state index contributed by atoms with van der Waals surface area (Å²) in [6.07, 6.45) is 1.72. The molecule has 0 atom stereocenters. The van der Waals surface area contributed by atoms with Gasteiger partial charge in [-0.15, -0.1) is 0 Å². The minimum Gasteiger partial charge on any atom is -0.366 e. The van der Waals surface area contributed by atoms with Crippen molar-refractivity contribution in [3.63, 3.8) is 0 Å². The van der Waals surface area contributed by atoms with Gasteiger partial charge in [0.2, 0.25) is 0 Å². The van der Waals surface area contributed by atoms with Gasteiger partial charge in [-0.25, -0.2) is 4.79 Å². The molecule has 0 aromatic heterocycles. The molecule has 3 nitrogen and oxygen atoms in total. The van der Waals surface area contributed by atoms with Crippen molar-refractivity contribution < 1.29 is 47.6 Å². The molecule has 0 saturated heterocycles. The molecule has 0 saturated carbocycles. The monoisotopic (exact) mass is 367 g/mol. The third-order valence-electron chi connectivity index (χ3n) is 3.34. The summed E-state index contributed by atoms with van der Waals surface area (Å²) in [6.45, 7) is 8.11. The van der Waals surface area contributed by atoms with Crippen LogP contribution in [0.25, 0.3) is 5.57 Å². The van der Waals surface area contributed by atoms with Gasteiger partial charge in [-0.05, 0) is 29.7 Å². The normalized spacial score (nSPS) is 17.4. The topological polar surface area (TPSA) is 46.5 Å². The molecule has 0 fully saturated rings. The van der Waals surface area contributed by atoms with Crippen LogP contribution in [0.5, 0.6) is 0 Å². The molecule has 1 aliphatic carbocycles. The van der Waals surface area contributed by atoms with Gasteiger partial charge in [0.25, 0.3) is 0 Å². The Morgan fingerprint density at radius 2 is 1.90 bits per heavy atom. The zero-order valence-electron chi connectivity index (χ0n) is 11.1. The maximum absolute atomic E-state index is 11.6. The van der Waals surface area contributed by atoms with E-state index in [0.717, 1.165) is 11.1 Å². The van der Waals surface area contributed by atoms with Gasteiger partial charge < -0.3 is 13.8 Å². The van der Waals surface area contributed by atoms with Crippen molar-refractivity contribution in [1.29, 1.82) is 0 Å². The van der Waals surface area contributed by atoms with E-state index in [2.05, 4.69) is 18.7 Å². The van der Waals surface area contributed by atoms with Gasteiger partial charge >= 0.3 is 5.97 Å². The van der Waals surface area contributed by atoms with Crippen molar-refractivity contribution in [2.24, 2.45) is 5.41 Å². The van der Waals surface area contributed by atoms with Crippen molar-refractivity contribution in [3.05, 3.63) is 54.3 Å². The summed E-state index contributed by atoms with van der Waals surface area (Å²) in [7, 11) is 0. The van der Waals surface area contributed by atoms with Crippen LogP contribution in [0.4, 0.5) is 0 Å². The van der Waals surface area contributed by atoms with Crippen LogP contribution in [0, 0.1) is 19.3 Å². The van der Waals surface area contributed by atoms with E-state index >= 15 is 0 Å². The van der Waals surface area contributed by atoms with Crippen LogP contribution in [0.2, 0.25) is 5.02 Å². The summed E-state index contributed by atoms with van der Waals surface area (Å²) in [6, 6.07) is 7.19. The predicted molar refractivity (Wildman–Crippen MR) is 74.1 cm³/mol. The number of rotatable bonds is 2. The van der Waals surface area contributed by atoms with E-state index in [0.29, 0.717) is 29.9 Å². The Bertz CT molecular complexity index is 520. The average Bonchev–Trinajstić information content (AvgIpc) is 2.38. The molecule has 1 aromatic carbocycles. The van der Waals surface area contributed by atoms with Gasteiger partial charge in [0, 0.05) is 43.3 Å². The Balaban J connectivity index is 0.00000200. The van der Waals surface area contributed by atoms with Gasteiger partial charge in [0.15, 0.2) is 0 Å². The molecular formula is C15H15ClO3Y-2. The third-order valence-corrected chi connectivity index (χ3v) is 3.60. The molecule has 0 bridgehead atoms.